The molecule has 1 aromatic carbocycles. The first kappa shape index (κ1) is 13.3. The van der Waals surface area contributed by atoms with Crippen LogP contribution in [0.4, 0.5) is 5.69 Å². The smallest absolute Gasteiger partial charge is 0.251 e. The monoisotopic (exact) mass is 254 g/mol. The Bertz CT molecular complexity index is 517. The average Bonchev–Trinajstić information content (AvgIpc) is 2.36. The number of nitrogens with zero attached hydrogens (tertiary/aromatic N) is 2. The molecule has 0 aliphatic heterocycles. The van der Waals surface area contributed by atoms with Gasteiger partial charge < -0.3 is 4.74 Å². The molecule has 1 unspecified atom stereocenters. The van der Waals surface area contributed by atoms with Crippen molar-refractivity contribution in [2.45, 2.75) is 12.2 Å². The third-order valence-electron chi connectivity index (χ3n) is 2.45. The fourth-order valence-corrected chi connectivity index (χ4v) is 2.27. The van der Waals surface area contributed by atoms with Crippen LogP contribution in [0, 0.1) is 11.3 Å². The summed E-state index contributed by atoms with van der Waals surface area (Å²) in [5.74, 6) is 0.646. The van der Waals surface area contributed by atoms with E-state index in [1.54, 1.807) is 30.3 Å². The second-order valence-corrected chi connectivity index (χ2v) is 5.77. The van der Waals surface area contributed by atoms with Gasteiger partial charge in [-0.15, -0.1) is 0 Å². The summed E-state index contributed by atoms with van der Waals surface area (Å²) in [4.78, 5) is 0. The molecule has 6 heteroatoms. The van der Waals surface area contributed by atoms with E-state index in [-0.39, 0.29) is 0 Å². The van der Waals surface area contributed by atoms with Crippen LogP contribution in [0.5, 0.6) is 5.75 Å². The topological polar surface area (TPSA) is 70.4 Å². The zero-order valence-electron chi connectivity index (χ0n) is 9.91. The molecular formula is C11H14N2O3S. The minimum Gasteiger partial charge on any atom is -0.497 e. The first-order chi connectivity index (χ1) is 7.93. The summed E-state index contributed by atoms with van der Waals surface area (Å²) < 4.78 is 29.9. The number of hydrogen-bond acceptors (Lipinski definition) is 4. The van der Waals surface area contributed by atoms with Crippen LogP contribution in [0.2, 0.25) is 0 Å². The zero-order chi connectivity index (χ0) is 13.1. The standard InChI is InChI=1S/C11H14N2O3S/c1-9(8-12)17(14,15)13(2)10-4-6-11(16-3)7-5-10/h4-7,9H,1-3H3. The summed E-state index contributed by atoms with van der Waals surface area (Å²) in [7, 11) is -0.674. The van der Waals surface area contributed by atoms with Crippen LogP contribution in [-0.2, 0) is 10.0 Å². The molecule has 0 fully saturated rings. The van der Waals surface area contributed by atoms with Gasteiger partial charge in [-0.05, 0) is 31.2 Å². The van der Waals surface area contributed by atoms with Crippen molar-refractivity contribution in [3.8, 4) is 11.8 Å². The van der Waals surface area contributed by atoms with E-state index < -0.39 is 15.3 Å². The Balaban J connectivity index is 3.05. The molecule has 1 atom stereocenters. The highest BCUT2D eigenvalue weighted by molar-refractivity contribution is 7.93. The van der Waals surface area contributed by atoms with Gasteiger partial charge in [0.05, 0.1) is 18.9 Å². The molecule has 1 rings (SSSR count). The number of nitriles is 1. The molecule has 92 valence electrons. The van der Waals surface area contributed by atoms with Gasteiger partial charge >= 0.3 is 0 Å². The SMILES string of the molecule is COc1ccc(N(C)S(=O)(=O)C(C)C#N)cc1. The molecule has 0 saturated heterocycles. The Labute approximate surface area is 101 Å². The first-order valence-corrected chi connectivity index (χ1v) is 6.45. The summed E-state index contributed by atoms with van der Waals surface area (Å²) >= 11 is 0. The van der Waals surface area contributed by atoms with Crippen LogP contribution < -0.4 is 9.04 Å². The largest absolute Gasteiger partial charge is 0.497 e. The highest BCUT2D eigenvalue weighted by atomic mass is 32.2. The van der Waals surface area contributed by atoms with Crippen LogP contribution in [0.1, 0.15) is 6.92 Å². The van der Waals surface area contributed by atoms with Gasteiger partial charge in [0, 0.05) is 7.05 Å². The number of hydrogen-bond donors (Lipinski definition) is 0. The second-order valence-electron chi connectivity index (χ2n) is 3.48. The maximum atomic E-state index is 11.9. The van der Waals surface area contributed by atoms with E-state index in [1.807, 2.05) is 0 Å². The van der Waals surface area contributed by atoms with E-state index in [0.717, 1.165) is 4.31 Å². The molecule has 0 N–H and O–H groups in total. The number of anilines is 1. The van der Waals surface area contributed by atoms with E-state index in [9.17, 15) is 8.42 Å². The van der Waals surface area contributed by atoms with Crippen molar-refractivity contribution >= 4 is 15.7 Å². The molecule has 0 heterocycles. The lowest BCUT2D eigenvalue weighted by Gasteiger charge is -2.20. The minimum absolute atomic E-state index is 0.493. The van der Waals surface area contributed by atoms with E-state index in [4.69, 9.17) is 10.00 Å². The first-order valence-electron chi connectivity index (χ1n) is 4.95. The molecule has 0 aliphatic carbocycles. The van der Waals surface area contributed by atoms with Crippen molar-refractivity contribution in [2.75, 3.05) is 18.5 Å². The summed E-state index contributed by atoms with van der Waals surface area (Å²) in [5, 5.41) is 7.60. The molecule has 0 saturated carbocycles. The summed E-state index contributed by atoms with van der Waals surface area (Å²) in [6.45, 7) is 1.36. The maximum Gasteiger partial charge on any atom is 0.251 e. The highest BCUT2D eigenvalue weighted by Crippen LogP contribution is 2.21. The van der Waals surface area contributed by atoms with Crippen molar-refractivity contribution in [3.63, 3.8) is 0 Å². The van der Waals surface area contributed by atoms with Gasteiger partial charge in [-0.2, -0.15) is 5.26 Å². The second kappa shape index (κ2) is 5.06. The van der Waals surface area contributed by atoms with E-state index in [0.29, 0.717) is 11.4 Å². The summed E-state index contributed by atoms with van der Waals surface area (Å²) in [6.07, 6.45) is 0. The number of ether oxygens (including phenoxy) is 1. The lowest BCUT2D eigenvalue weighted by atomic mass is 10.3. The molecule has 0 amide bonds. The van der Waals surface area contributed by atoms with Crippen LogP contribution in [0.15, 0.2) is 24.3 Å². The zero-order valence-corrected chi connectivity index (χ0v) is 10.7. The minimum atomic E-state index is -3.63. The van der Waals surface area contributed by atoms with Crippen molar-refractivity contribution < 1.29 is 13.2 Å². The van der Waals surface area contributed by atoms with Crippen LogP contribution in [0.25, 0.3) is 0 Å². The molecule has 0 bridgehead atoms. The van der Waals surface area contributed by atoms with E-state index >= 15 is 0 Å². The van der Waals surface area contributed by atoms with Gasteiger partial charge in [0.25, 0.3) is 10.0 Å². The van der Waals surface area contributed by atoms with E-state index in [1.165, 1.54) is 21.1 Å². The average molecular weight is 254 g/mol. The molecule has 0 aromatic heterocycles. The number of methoxy groups -OCH3 is 1. The third kappa shape index (κ3) is 2.68. The van der Waals surface area contributed by atoms with Crippen molar-refractivity contribution in [2.24, 2.45) is 0 Å². The molecule has 0 aliphatic rings. The maximum absolute atomic E-state index is 11.9. The molecule has 5 nitrogen and oxygen atoms in total. The number of sulfonamides is 1. The third-order valence-corrected chi connectivity index (χ3v) is 4.42. The molecule has 0 spiro atoms. The van der Waals surface area contributed by atoms with Gasteiger partial charge in [-0.1, -0.05) is 0 Å². The van der Waals surface area contributed by atoms with Crippen LogP contribution >= 0.6 is 0 Å². The van der Waals surface area contributed by atoms with Crippen molar-refractivity contribution in [1.29, 1.82) is 5.26 Å². The highest BCUT2D eigenvalue weighted by Gasteiger charge is 2.25. The molecule has 1 aromatic rings. The van der Waals surface area contributed by atoms with Crippen LogP contribution in [-0.4, -0.2) is 27.8 Å². The predicted octanol–water partition coefficient (Wildman–Crippen LogP) is 1.37. The lowest BCUT2D eigenvalue weighted by molar-refractivity contribution is 0.415. The fourth-order valence-electron chi connectivity index (χ4n) is 1.24. The Kier molecular flexibility index (Phi) is 3.97. The van der Waals surface area contributed by atoms with Crippen LogP contribution in [0.3, 0.4) is 0 Å². The Morgan fingerprint density at radius 2 is 1.88 bits per heavy atom. The van der Waals surface area contributed by atoms with Gasteiger partial charge in [0.2, 0.25) is 0 Å². The summed E-state index contributed by atoms with van der Waals surface area (Å²) in [6, 6.07) is 8.31. The quantitative estimate of drug-likeness (QED) is 0.813. The van der Waals surface area contributed by atoms with Gasteiger partial charge in [-0.3, -0.25) is 4.31 Å². The number of rotatable bonds is 4. The fraction of sp³-hybridized carbons (Fsp3) is 0.364. The van der Waals surface area contributed by atoms with Gasteiger partial charge in [0.1, 0.15) is 5.75 Å². The van der Waals surface area contributed by atoms with Crippen molar-refractivity contribution in [3.05, 3.63) is 24.3 Å². The molecule has 17 heavy (non-hydrogen) atoms. The summed E-state index contributed by atoms with van der Waals surface area (Å²) in [5.41, 5.74) is 0.493. The Morgan fingerprint density at radius 3 is 2.29 bits per heavy atom. The van der Waals surface area contributed by atoms with Crippen molar-refractivity contribution in [1.82, 2.24) is 0 Å². The van der Waals surface area contributed by atoms with Gasteiger partial charge in [0.15, 0.2) is 5.25 Å². The number of benzene rings is 1. The lowest BCUT2D eigenvalue weighted by Crippen LogP contribution is -2.33. The van der Waals surface area contributed by atoms with Gasteiger partial charge in [-0.25, -0.2) is 8.42 Å². The van der Waals surface area contributed by atoms with E-state index in [2.05, 4.69) is 0 Å². The Morgan fingerprint density at radius 1 is 1.35 bits per heavy atom. The Hall–Kier alpha value is -1.74. The predicted molar refractivity (Wildman–Crippen MR) is 65.4 cm³/mol. The normalized spacial score (nSPS) is 12.6. The molecular weight excluding hydrogens is 240 g/mol. The molecule has 0 radical (unpaired) electrons.